The zero-order valence-electron chi connectivity index (χ0n) is 16.8. The Kier molecular flexibility index (Phi) is 7.41. The zero-order valence-corrected chi connectivity index (χ0v) is 18.4. The number of benzene rings is 2. The molecule has 0 saturated heterocycles. The first kappa shape index (κ1) is 22.2. The summed E-state index contributed by atoms with van der Waals surface area (Å²) in [6, 6.07) is 11.3. The third-order valence-electron chi connectivity index (χ3n) is 4.27. The molecular formula is C20H25ClN4O4S. The molecule has 0 fully saturated rings. The molecule has 30 heavy (non-hydrogen) atoms. The normalized spacial score (nSPS) is 14.6. The van der Waals surface area contributed by atoms with Gasteiger partial charge in [-0.2, -0.15) is 8.42 Å². The predicted molar refractivity (Wildman–Crippen MR) is 117 cm³/mol. The molecule has 1 aliphatic rings. The van der Waals surface area contributed by atoms with Gasteiger partial charge in [0.1, 0.15) is 16.4 Å². The molecule has 2 aromatic carbocycles. The van der Waals surface area contributed by atoms with Crippen LogP contribution >= 0.6 is 11.6 Å². The minimum absolute atomic E-state index is 0.0793. The summed E-state index contributed by atoms with van der Waals surface area (Å²) in [6.45, 7) is 5.91. The molecule has 1 unspecified atom stereocenters. The molecule has 0 saturated carbocycles. The summed E-state index contributed by atoms with van der Waals surface area (Å²) in [5.74, 6) is 1.44. The maximum absolute atomic E-state index is 12.6. The maximum atomic E-state index is 12.6. The van der Waals surface area contributed by atoms with E-state index in [1.165, 1.54) is 12.1 Å². The second-order valence-electron chi connectivity index (χ2n) is 6.91. The molecule has 3 N–H and O–H groups in total. The lowest BCUT2D eigenvalue weighted by Gasteiger charge is -2.16. The second kappa shape index (κ2) is 10.0. The van der Waals surface area contributed by atoms with Crippen molar-refractivity contribution in [2.24, 2.45) is 4.99 Å². The van der Waals surface area contributed by atoms with Crippen molar-refractivity contribution >= 4 is 27.7 Å². The highest BCUT2D eigenvalue weighted by Crippen LogP contribution is 2.28. The zero-order chi connectivity index (χ0) is 21.6. The molecular weight excluding hydrogens is 428 g/mol. The second-order valence-corrected chi connectivity index (χ2v) is 8.84. The van der Waals surface area contributed by atoms with E-state index in [-0.39, 0.29) is 21.7 Å². The highest BCUT2D eigenvalue weighted by atomic mass is 35.5. The van der Waals surface area contributed by atoms with Gasteiger partial charge in [0, 0.05) is 18.7 Å². The Labute approximate surface area is 181 Å². The molecule has 0 amide bonds. The lowest BCUT2D eigenvalue weighted by atomic mass is 10.2. The smallest absolute Gasteiger partial charge is 0.340 e. The van der Waals surface area contributed by atoms with Gasteiger partial charge < -0.3 is 14.2 Å². The van der Waals surface area contributed by atoms with Gasteiger partial charge in [-0.3, -0.25) is 10.4 Å². The van der Waals surface area contributed by atoms with Crippen LogP contribution in [0.3, 0.4) is 0 Å². The Morgan fingerprint density at radius 3 is 2.73 bits per heavy atom. The average Bonchev–Trinajstić information content (AvgIpc) is 3.19. The number of halogens is 1. The van der Waals surface area contributed by atoms with Crippen molar-refractivity contribution in [3.05, 3.63) is 53.1 Å². The molecule has 0 aromatic heterocycles. The number of aryl methyl sites for hydroxylation is 1. The topological polar surface area (TPSA) is 101 Å². The summed E-state index contributed by atoms with van der Waals surface area (Å²) >= 11 is 6.00. The number of hydrogen-bond acceptors (Lipinski definition) is 8. The fraction of sp³-hybridized carbons (Fsp3) is 0.350. The molecule has 1 aliphatic heterocycles. The van der Waals surface area contributed by atoms with E-state index < -0.39 is 10.1 Å². The van der Waals surface area contributed by atoms with Crippen LogP contribution < -0.4 is 25.1 Å². The largest absolute Gasteiger partial charge is 0.493 e. The molecule has 10 heteroatoms. The molecule has 0 aliphatic carbocycles. The van der Waals surface area contributed by atoms with Crippen LogP contribution in [0.4, 0.5) is 0 Å². The van der Waals surface area contributed by atoms with Crippen LogP contribution in [0.1, 0.15) is 18.9 Å². The molecule has 162 valence electrons. The standard InChI is InChI=1S/C20H25ClN4O4S/c1-14-11-16(28-10-7-15(2)24-25-20-22-8-9-23-20)13-17(12-14)29-30(26,27)19-6-4-3-5-18(19)21/h3-6,11-13,15,24H,7-10H2,1-2H3,(H2,22,23,25). The van der Waals surface area contributed by atoms with Crippen molar-refractivity contribution in [2.45, 2.75) is 31.2 Å². The molecule has 3 rings (SSSR count). The molecule has 8 nitrogen and oxygen atoms in total. The number of hydrazine groups is 1. The molecule has 0 bridgehead atoms. The summed E-state index contributed by atoms with van der Waals surface area (Å²) in [6.07, 6.45) is 0.725. The fourth-order valence-corrected chi connectivity index (χ4v) is 4.17. The minimum Gasteiger partial charge on any atom is -0.493 e. The van der Waals surface area contributed by atoms with Gasteiger partial charge in [0.15, 0.2) is 0 Å². The first-order chi connectivity index (χ1) is 14.3. The van der Waals surface area contributed by atoms with Crippen LogP contribution in [0.25, 0.3) is 0 Å². The predicted octanol–water partition coefficient (Wildman–Crippen LogP) is 2.63. The summed E-state index contributed by atoms with van der Waals surface area (Å²) in [4.78, 5) is 4.16. The van der Waals surface area contributed by atoms with Crippen molar-refractivity contribution in [3.8, 4) is 11.5 Å². The van der Waals surface area contributed by atoms with E-state index in [9.17, 15) is 8.42 Å². The van der Waals surface area contributed by atoms with Gasteiger partial charge in [-0.25, -0.2) is 5.43 Å². The third kappa shape index (κ3) is 6.25. The van der Waals surface area contributed by atoms with Crippen LogP contribution in [0, 0.1) is 6.92 Å². The van der Waals surface area contributed by atoms with Gasteiger partial charge in [0.25, 0.3) is 0 Å². The fourth-order valence-electron chi connectivity index (χ4n) is 2.76. The van der Waals surface area contributed by atoms with E-state index in [2.05, 4.69) is 21.2 Å². The lowest BCUT2D eigenvalue weighted by Crippen LogP contribution is -2.47. The first-order valence-corrected chi connectivity index (χ1v) is 11.4. The third-order valence-corrected chi connectivity index (χ3v) is 6.02. The van der Waals surface area contributed by atoms with Gasteiger partial charge in [-0.05, 0) is 50.1 Å². The van der Waals surface area contributed by atoms with Crippen molar-refractivity contribution in [1.82, 2.24) is 16.2 Å². The number of nitrogens with zero attached hydrogens (tertiary/aromatic N) is 1. The number of ether oxygens (including phenoxy) is 1. The number of guanidine groups is 1. The van der Waals surface area contributed by atoms with E-state index in [0.717, 1.165) is 31.0 Å². The Hall–Kier alpha value is -2.49. The van der Waals surface area contributed by atoms with E-state index in [4.69, 9.17) is 20.5 Å². The highest BCUT2D eigenvalue weighted by Gasteiger charge is 2.20. The first-order valence-electron chi connectivity index (χ1n) is 9.57. The van der Waals surface area contributed by atoms with E-state index in [0.29, 0.717) is 12.4 Å². The number of rotatable bonds is 9. The maximum Gasteiger partial charge on any atom is 0.340 e. The van der Waals surface area contributed by atoms with Gasteiger partial charge in [0.05, 0.1) is 18.2 Å². The monoisotopic (exact) mass is 452 g/mol. The number of nitrogens with one attached hydrogen (secondary N) is 3. The van der Waals surface area contributed by atoms with Crippen molar-refractivity contribution in [2.75, 3.05) is 19.7 Å². The van der Waals surface area contributed by atoms with Crippen molar-refractivity contribution in [1.29, 1.82) is 0 Å². The van der Waals surface area contributed by atoms with Gasteiger partial charge in [-0.1, -0.05) is 23.7 Å². The van der Waals surface area contributed by atoms with Crippen molar-refractivity contribution < 1.29 is 17.3 Å². The average molecular weight is 453 g/mol. The summed E-state index contributed by atoms with van der Waals surface area (Å²) < 4.78 is 36.2. The van der Waals surface area contributed by atoms with Crippen LogP contribution in [0.5, 0.6) is 11.5 Å². The Bertz CT molecular complexity index is 1010. The number of aliphatic imine (C=N–C) groups is 1. The van der Waals surface area contributed by atoms with Crippen molar-refractivity contribution in [3.63, 3.8) is 0 Å². The van der Waals surface area contributed by atoms with E-state index >= 15 is 0 Å². The van der Waals surface area contributed by atoms with Crippen LogP contribution in [-0.4, -0.2) is 40.1 Å². The minimum atomic E-state index is -4.05. The van der Waals surface area contributed by atoms with E-state index in [1.807, 2.05) is 19.9 Å². The Balaban J connectivity index is 1.56. The lowest BCUT2D eigenvalue weighted by molar-refractivity contribution is 0.286. The van der Waals surface area contributed by atoms with Gasteiger partial charge in [0.2, 0.25) is 5.96 Å². The van der Waals surface area contributed by atoms with Crippen LogP contribution in [0.2, 0.25) is 5.02 Å². The van der Waals surface area contributed by atoms with Crippen LogP contribution in [0.15, 0.2) is 52.4 Å². The quantitative estimate of drug-likeness (QED) is 0.397. The summed E-state index contributed by atoms with van der Waals surface area (Å²) in [7, 11) is -4.05. The molecule has 1 heterocycles. The molecule has 2 aromatic rings. The highest BCUT2D eigenvalue weighted by molar-refractivity contribution is 7.87. The molecule has 0 radical (unpaired) electrons. The molecule has 1 atom stereocenters. The van der Waals surface area contributed by atoms with Gasteiger partial charge >= 0.3 is 10.1 Å². The Morgan fingerprint density at radius 2 is 2.00 bits per heavy atom. The van der Waals surface area contributed by atoms with Crippen LogP contribution in [-0.2, 0) is 10.1 Å². The number of hydrogen-bond donors (Lipinski definition) is 3. The molecule has 0 spiro atoms. The summed E-state index contributed by atoms with van der Waals surface area (Å²) in [5, 5.41) is 3.22. The van der Waals surface area contributed by atoms with E-state index in [1.54, 1.807) is 24.3 Å². The SMILES string of the molecule is Cc1cc(OCCC(C)NNC2=NCCN2)cc(OS(=O)(=O)c2ccccc2Cl)c1. The summed E-state index contributed by atoms with van der Waals surface area (Å²) in [5.41, 5.74) is 6.99. The van der Waals surface area contributed by atoms with Gasteiger partial charge in [-0.15, -0.1) is 0 Å². The Morgan fingerprint density at radius 1 is 1.23 bits per heavy atom.